The van der Waals surface area contributed by atoms with Crippen molar-refractivity contribution in [3.63, 3.8) is 0 Å². The second-order valence-corrected chi connectivity index (χ2v) is 30.1. The molecule has 3 radical (unpaired) electrons. The molecule has 0 aliphatic heterocycles. The Hall–Kier alpha value is -10.7. The standard InChI is InChI=1S/C39H32N.2C33H28N.3Ir/c1-39(2,3)37-21-22-40-38(27-37)33-16-10-15-32(23-33)30-17-19-31(20-18-30)36-25-34(28-11-6-4-7-12-28)24-35(26-36)29-13-8-5-9-14-29;1-33(2,3)31-18-19-34-32(23-31)30-17-9-16-29(22-30)28-15-8-14-27(21-28)26-13-7-12-25(20-26)24-10-5-4-6-11-24;1-24(2)21-25-19-20-34-33(22-25)32-10-6-9-31(23-32)30-17-15-29(16-18-30)28-13-11-27(12-14-28)26-7-4-3-5-8-26;;;/h4-15,17-27H,1-3H3;4-16,18-23H,1-3H3;3-9,11-20,22-24H,21H2,1-2H3;;;/q3*-1;;;. The predicted octanol–water partition coefficient (Wildman–Crippen LogP) is 28.1. The summed E-state index contributed by atoms with van der Waals surface area (Å²) in [5.41, 5.74) is 34.1. The third-order valence-corrected chi connectivity index (χ3v) is 19.7. The van der Waals surface area contributed by atoms with Crippen molar-refractivity contribution in [2.75, 3.05) is 0 Å². The average Bonchev–Trinajstić information content (AvgIpc) is 0.805. The molecule has 13 aromatic carbocycles. The summed E-state index contributed by atoms with van der Waals surface area (Å²) in [6.07, 6.45) is 6.77. The molecular weight excluding hydrogens is 1880 g/mol. The maximum absolute atomic E-state index is 4.65. The molecular formula is C105H88Ir3N3-3. The van der Waals surface area contributed by atoms with Crippen molar-refractivity contribution < 1.29 is 60.3 Å². The fourth-order valence-corrected chi connectivity index (χ4v) is 13.7. The van der Waals surface area contributed by atoms with Gasteiger partial charge >= 0.3 is 0 Å². The topological polar surface area (TPSA) is 38.7 Å². The maximum atomic E-state index is 4.65. The summed E-state index contributed by atoms with van der Waals surface area (Å²) in [7, 11) is 0. The van der Waals surface area contributed by atoms with Gasteiger partial charge in [0.25, 0.3) is 0 Å². The quantitative estimate of drug-likeness (QED) is 0.0960. The summed E-state index contributed by atoms with van der Waals surface area (Å²) in [6.45, 7) is 17.9. The monoisotopic (exact) mass is 1970 g/mol. The first-order chi connectivity index (χ1) is 52.6. The van der Waals surface area contributed by atoms with Crippen LogP contribution in [-0.2, 0) is 77.6 Å². The van der Waals surface area contributed by atoms with Gasteiger partial charge in [-0.1, -0.05) is 310 Å². The van der Waals surface area contributed by atoms with Crippen LogP contribution in [0.25, 0.3) is 145 Å². The van der Waals surface area contributed by atoms with Gasteiger partial charge in [-0.25, -0.2) is 0 Å². The normalized spacial score (nSPS) is 11.0. The summed E-state index contributed by atoms with van der Waals surface area (Å²) >= 11 is 0. The van der Waals surface area contributed by atoms with Gasteiger partial charge < -0.3 is 15.0 Å². The van der Waals surface area contributed by atoms with Crippen LogP contribution in [0.5, 0.6) is 0 Å². The van der Waals surface area contributed by atoms with Crippen LogP contribution in [0.3, 0.4) is 0 Å². The first kappa shape index (κ1) is 81.3. The third kappa shape index (κ3) is 21.0. The van der Waals surface area contributed by atoms with Crippen LogP contribution in [0.4, 0.5) is 0 Å². The second-order valence-electron chi connectivity index (χ2n) is 30.1. The number of hydrogen-bond donors (Lipinski definition) is 0. The summed E-state index contributed by atoms with van der Waals surface area (Å²) in [4.78, 5) is 13.9. The average molecular weight is 1970 g/mol. The van der Waals surface area contributed by atoms with E-state index in [1.54, 1.807) is 0 Å². The van der Waals surface area contributed by atoms with E-state index in [0.29, 0.717) is 5.92 Å². The van der Waals surface area contributed by atoms with Crippen LogP contribution < -0.4 is 0 Å². The fraction of sp³-hybridized carbons (Fsp3) is 0.114. The smallest absolute Gasteiger partial charge is 0.0163 e. The van der Waals surface area contributed by atoms with Gasteiger partial charge in [0.15, 0.2) is 0 Å². The van der Waals surface area contributed by atoms with Gasteiger partial charge in [-0.05, 0) is 194 Å². The molecule has 3 heterocycles. The SMILES string of the molecule is CC(C)(C)c1ccnc(-c2[c-]ccc(-c3ccc(-c4cc(-c5ccccc5)cc(-c5ccccc5)c4)cc3)c2)c1.CC(C)(C)c1ccnc(-c2[c-]ccc(-c3cccc(-c4cccc(-c5ccccc5)c4)c3)c2)c1.CC(C)Cc1ccnc(-c2[c-]ccc(-c3ccc(-c4ccc(-c5ccccc5)cc4)cc3)c2)c1.[Ir].[Ir].[Ir]. The number of hydrogen-bond acceptors (Lipinski definition) is 3. The third-order valence-electron chi connectivity index (χ3n) is 19.7. The zero-order chi connectivity index (χ0) is 74.4. The van der Waals surface area contributed by atoms with Crippen molar-refractivity contribution in [3.8, 4) is 145 Å². The largest absolute Gasteiger partial charge is 0.305 e. The molecule has 111 heavy (non-hydrogen) atoms. The van der Waals surface area contributed by atoms with E-state index in [9.17, 15) is 0 Å². The molecule has 0 amide bonds. The molecule has 0 saturated heterocycles. The van der Waals surface area contributed by atoms with Crippen LogP contribution >= 0.6 is 0 Å². The number of benzene rings is 13. The van der Waals surface area contributed by atoms with Crippen LogP contribution in [0.1, 0.15) is 72.1 Å². The predicted molar refractivity (Wildman–Crippen MR) is 456 cm³/mol. The van der Waals surface area contributed by atoms with Crippen molar-refractivity contribution in [1.82, 2.24) is 15.0 Å². The van der Waals surface area contributed by atoms with Gasteiger partial charge in [0.2, 0.25) is 0 Å². The van der Waals surface area contributed by atoms with E-state index in [4.69, 9.17) is 0 Å². The van der Waals surface area contributed by atoms with Crippen molar-refractivity contribution in [3.05, 3.63) is 405 Å². The summed E-state index contributed by atoms with van der Waals surface area (Å²) in [5.74, 6) is 0.624. The van der Waals surface area contributed by atoms with Crippen molar-refractivity contribution in [1.29, 1.82) is 0 Å². The van der Waals surface area contributed by atoms with Gasteiger partial charge in [-0.3, -0.25) is 0 Å². The Morgan fingerprint density at radius 1 is 0.234 bits per heavy atom. The molecule has 3 nitrogen and oxygen atoms in total. The minimum absolute atomic E-state index is 0. The molecule has 0 aliphatic carbocycles. The maximum Gasteiger partial charge on any atom is 0.0163 e. The van der Waals surface area contributed by atoms with Gasteiger partial charge in [-0.2, -0.15) is 0 Å². The molecule has 0 bridgehead atoms. The molecule has 6 heteroatoms. The first-order valence-corrected chi connectivity index (χ1v) is 37.4. The van der Waals surface area contributed by atoms with Crippen molar-refractivity contribution in [2.24, 2.45) is 5.92 Å². The van der Waals surface area contributed by atoms with E-state index < -0.39 is 0 Å². The Morgan fingerprint density at radius 2 is 0.468 bits per heavy atom. The molecule has 16 aromatic rings. The van der Waals surface area contributed by atoms with Crippen LogP contribution in [0.15, 0.2) is 370 Å². The van der Waals surface area contributed by atoms with E-state index in [2.05, 4.69) is 416 Å². The van der Waals surface area contributed by atoms with E-state index in [-0.39, 0.29) is 71.1 Å². The molecule has 0 fully saturated rings. The molecule has 16 rings (SSSR count). The molecule has 0 spiro atoms. The van der Waals surface area contributed by atoms with Crippen LogP contribution in [0.2, 0.25) is 0 Å². The Morgan fingerprint density at radius 3 is 0.793 bits per heavy atom. The van der Waals surface area contributed by atoms with Crippen molar-refractivity contribution >= 4 is 0 Å². The summed E-state index contributed by atoms with van der Waals surface area (Å²) in [6, 6.07) is 135. The van der Waals surface area contributed by atoms with Crippen LogP contribution in [-0.4, -0.2) is 15.0 Å². The number of nitrogens with zero attached hydrogens (tertiary/aromatic N) is 3. The van der Waals surface area contributed by atoms with E-state index in [1.807, 2.05) is 42.9 Å². The number of aromatic nitrogens is 3. The molecule has 0 aliphatic rings. The molecule has 0 unspecified atom stereocenters. The van der Waals surface area contributed by atoms with Gasteiger partial charge in [0, 0.05) is 78.9 Å². The second kappa shape index (κ2) is 37.8. The Bertz CT molecular complexity index is 5610. The fourth-order valence-electron chi connectivity index (χ4n) is 13.7. The summed E-state index contributed by atoms with van der Waals surface area (Å²) in [5, 5.41) is 0. The number of rotatable bonds is 15. The zero-order valence-corrected chi connectivity index (χ0v) is 71.0. The zero-order valence-electron chi connectivity index (χ0n) is 63.8. The molecule has 0 N–H and O–H groups in total. The van der Waals surface area contributed by atoms with E-state index >= 15 is 0 Å². The van der Waals surface area contributed by atoms with Gasteiger partial charge in [-0.15, -0.1) is 106 Å². The van der Waals surface area contributed by atoms with Gasteiger partial charge in [0.1, 0.15) is 0 Å². The Labute approximate surface area is 698 Å². The molecule has 3 aromatic heterocycles. The number of pyridine rings is 3. The molecule has 0 saturated carbocycles. The first-order valence-electron chi connectivity index (χ1n) is 37.4. The summed E-state index contributed by atoms with van der Waals surface area (Å²) < 4.78 is 0. The Kier molecular flexibility index (Phi) is 27.7. The minimum Gasteiger partial charge on any atom is -0.305 e. The Balaban J connectivity index is 0.000000163. The van der Waals surface area contributed by atoms with E-state index in [0.717, 1.165) is 51.3 Å². The van der Waals surface area contributed by atoms with Crippen LogP contribution in [0, 0.1) is 24.1 Å². The van der Waals surface area contributed by atoms with Gasteiger partial charge in [0.05, 0.1) is 0 Å². The van der Waals surface area contributed by atoms with Crippen molar-refractivity contribution in [2.45, 2.75) is 72.6 Å². The minimum atomic E-state index is 0. The molecule has 553 valence electrons. The molecule has 0 atom stereocenters. The van der Waals surface area contributed by atoms with E-state index in [1.165, 1.54) is 117 Å².